The number of fused-ring (bicyclic) bond motifs is 1. The van der Waals surface area contributed by atoms with Gasteiger partial charge in [-0.2, -0.15) is 0 Å². The number of carbonyl (C=O) groups excluding carboxylic acids is 1. The second-order valence-electron chi connectivity index (χ2n) is 4.36. The van der Waals surface area contributed by atoms with Gasteiger partial charge in [0.05, 0.1) is 15.9 Å². The van der Waals surface area contributed by atoms with Gasteiger partial charge in [0.1, 0.15) is 5.82 Å². The van der Waals surface area contributed by atoms with Gasteiger partial charge in [0, 0.05) is 5.56 Å². The van der Waals surface area contributed by atoms with Crippen molar-refractivity contribution in [3.8, 4) is 0 Å². The Bertz CT molecular complexity index is 764. The molecule has 0 aliphatic carbocycles. The topological polar surface area (TPSA) is 45.8 Å². The molecule has 0 radical (unpaired) electrons. The van der Waals surface area contributed by atoms with Crippen LogP contribution in [-0.4, -0.2) is 15.8 Å². The van der Waals surface area contributed by atoms with E-state index in [9.17, 15) is 9.18 Å². The van der Waals surface area contributed by atoms with Gasteiger partial charge in [0.25, 0.3) is 0 Å². The van der Waals surface area contributed by atoms with Gasteiger partial charge in [-0.05, 0) is 43.0 Å². The molecule has 5 heteroatoms. The number of aromatic amines is 1. The fraction of sp³-hybridized carbons (Fsp3) is 0.0667. The molecule has 0 amide bonds. The first-order chi connectivity index (χ1) is 9.63. The van der Waals surface area contributed by atoms with Gasteiger partial charge in [-0.15, -0.1) is 0 Å². The molecule has 0 bridgehead atoms. The Morgan fingerprint density at radius 1 is 1.25 bits per heavy atom. The van der Waals surface area contributed by atoms with E-state index in [0.717, 1.165) is 11.0 Å². The molecule has 3 nitrogen and oxygen atoms in total. The molecule has 100 valence electrons. The molecule has 2 aromatic carbocycles. The zero-order chi connectivity index (χ0) is 14.1. The molecule has 20 heavy (non-hydrogen) atoms. The second-order valence-corrected chi connectivity index (χ2v) is 5.39. The van der Waals surface area contributed by atoms with Crippen molar-refractivity contribution in [2.24, 2.45) is 0 Å². The maximum atomic E-state index is 13.9. The monoisotopic (exact) mass is 286 g/mol. The van der Waals surface area contributed by atoms with Crippen LogP contribution in [-0.2, 0) is 0 Å². The highest BCUT2D eigenvalue weighted by molar-refractivity contribution is 7.99. The van der Waals surface area contributed by atoms with Crippen LogP contribution in [0.15, 0.2) is 52.5 Å². The highest BCUT2D eigenvalue weighted by Crippen LogP contribution is 2.29. The zero-order valence-corrected chi connectivity index (χ0v) is 11.5. The smallest absolute Gasteiger partial charge is 0.171 e. The number of benzene rings is 2. The van der Waals surface area contributed by atoms with Crippen molar-refractivity contribution in [3.05, 3.63) is 53.8 Å². The van der Waals surface area contributed by atoms with Crippen molar-refractivity contribution in [2.75, 3.05) is 0 Å². The van der Waals surface area contributed by atoms with Gasteiger partial charge in [-0.25, -0.2) is 9.37 Å². The van der Waals surface area contributed by atoms with E-state index in [1.807, 2.05) is 24.3 Å². The van der Waals surface area contributed by atoms with Gasteiger partial charge in [-0.1, -0.05) is 18.2 Å². The van der Waals surface area contributed by atoms with Crippen LogP contribution in [0.4, 0.5) is 4.39 Å². The zero-order valence-electron chi connectivity index (χ0n) is 10.7. The van der Waals surface area contributed by atoms with Crippen LogP contribution in [0.1, 0.15) is 17.3 Å². The third-order valence-electron chi connectivity index (χ3n) is 2.91. The lowest BCUT2D eigenvalue weighted by Crippen LogP contribution is -1.93. The number of nitrogens with one attached hydrogen (secondary N) is 1. The predicted molar refractivity (Wildman–Crippen MR) is 76.6 cm³/mol. The van der Waals surface area contributed by atoms with E-state index < -0.39 is 5.82 Å². The first-order valence-electron chi connectivity index (χ1n) is 6.06. The van der Waals surface area contributed by atoms with E-state index in [4.69, 9.17) is 0 Å². The SMILES string of the molecule is CC(=O)c1ccc(Sc2nc3ccccc3[nH]2)c(F)c1. The summed E-state index contributed by atoms with van der Waals surface area (Å²) in [7, 11) is 0. The van der Waals surface area contributed by atoms with Gasteiger partial charge < -0.3 is 4.98 Å². The Balaban J connectivity index is 1.92. The molecular formula is C15H11FN2OS. The molecule has 1 N–H and O–H groups in total. The minimum atomic E-state index is -0.414. The summed E-state index contributed by atoms with van der Waals surface area (Å²) in [6.45, 7) is 1.42. The molecule has 0 fully saturated rings. The summed E-state index contributed by atoms with van der Waals surface area (Å²) in [5.41, 5.74) is 2.13. The van der Waals surface area contributed by atoms with Crippen LogP contribution in [0.5, 0.6) is 0 Å². The first kappa shape index (κ1) is 12.9. The number of rotatable bonds is 3. The summed E-state index contributed by atoms with van der Waals surface area (Å²) in [5, 5.41) is 0.626. The van der Waals surface area contributed by atoms with Crippen molar-refractivity contribution in [1.82, 2.24) is 9.97 Å². The number of hydrogen-bond acceptors (Lipinski definition) is 3. The van der Waals surface area contributed by atoms with Gasteiger partial charge >= 0.3 is 0 Å². The number of carbonyl (C=O) groups is 1. The molecule has 1 heterocycles. The largest absolute Gasteiger partial charge is 0.333 e. The summed E-state index contributed by atoms with van der Waals surface area (Å²) in [4.78, 5) is 19.1. The average Bonchev–Trinajstić information content (AvgIpc) is 2.83. The Labute approximate surface area is 119 Å². The first-order valence-corrected chi connectivity index (χ1v) is 6.88. The van der Waals surface area contributed by atoms with E-state index in [1.54, 1.807) is 12.1 Å². The van der Waals surface area contributed by atoms with E-state index in [1.165, 1.54) is 24.8 Å². The third kappa shape index (κ3) is 2.44. The molecule has 3 rings (SSSR count). The Hall–Kier alpha value is -2.14. The fourth-order valence-electron chi connectivity index (χ4n) is 1.88. The Morgan fingerprint density at radius 3 is 2.75 bits per heavy atom. The Kier molecular flexibility index (Phi) is 3.28. The number of nitrogens with zero attached hydrogens (tertiary/aromatic N) is 1. The van der Waals surface area contributed by atoms with Crippen molar-refractivity contribution >= 4 is 28.6 Å². The summed E-state index contributed by atoms with van der Waals surface area (Å²) >= 11 is 1.21. The highest BCUT2D eigenvalue weighted by atomic mass is 32.2. The lowest BCUT2D eigenvalue weighted by molar-refractivity contribution is 0.101. The number of Topliss-reactive ketones (excluding diaryl/α,β-unsaturated/α-hetero) is 1. The fourth-order valence-corrected chi connectivity index (χ4v) is 2.69. The quantitative estimate of drug-likeness (QED) is 0.739. The predicted octanol–water partition coefficient (Wildman–Crippen LogP) is 4.06. The minimum Gasteiger partial charge on any atom is -0.333 e. The third-order valence-corrected chi connectivity index (χ3v) is 3.85. The molecule has 0 aliphatic heterocycles. The van der Waals surface area contributed by atoms with Gasteiger partial charge in [0.2, 0.25) is 0 Å². The van der Waals surface area contributed by atoms with Crippen LogP contribution in [0.25, 0.3) is 11.0 Å². The molecule has 0 aliphatic rings. The number of halogens is 1. The van der Waals surface area contributed by atoms with Crippen LogP contribution in [0.2, 0.25) is 0 Å². The standard InChI is InChI=1S/C15H11FN2OS/c1-9(19)10-6-7-14(11(16)8-10)20-15-17-12-4-2-3-5-13(12)18-15/h2-8H,1H3,(H,17,18). The Morgan fingerprint density at radius 2 is 2.05 bits per heavy atom. The van der Waals surface area contributed by atoms with E-state index in [0.29, 0.717) is 15.6 Å². The molecule has 0 unspecified atom stereocenters. The molecular weight excluding hydrogens is 275 g/mol. The summed E-state index contributed by atoms with van der Waals surface area (Å²) < 4.78 is 13.9. The van der Waals surface area contributed by atoms with Crippen molar-refractivity contribution in [2.45, 2.75) is 17.0 Å². The molecule has 1 aromatic heterocycles. The lowest BCUT2D eigenvalue weighted by Gasteiger charge is -2.02. The van der Waals surface area contributed by atoms with Crippen LogP contribution in [0.3, 0.4) is 0 Å². The number of hydrogen-bond donors (Lipinski definition) is 1. The number of H-pyrrole nitrogens is 1. The van der Waals surface area contributed by atoms with Crippen molar-refractivity contribution in [1.29, 1.82) is 0 Å². The maximum absolute atomic E-state index is 13.9. The normalized spacial score (nSPS) is 10.9. The van der Waals surface area contributed by atoms with Crippen molar-refractivity contribution in [3.63, 3.8) is 0 Å². The summed E-state index contributed by atoms with van der Waals surface area (Å²) in [6.07, 6.45) is 0. The average molecular weight is 286 g/mol. The number of para-hydroxylation sites is 2. The molecule has 0 spiro atoms. The molecule has 0 saturated carbocycles. The van der Waals surface area contributed by atoms with E-state index >= 15 is 0 Å². The lowest BCUT2D eigenvalue weighted by atomic mass is 10.1. The van der Waals surface area contributed by atoms with E-state index in [2.05, 4.69) is 9.97 Å². The maximum Gasteiger partial charge on any atom is 0.171 e. The molecule has 3 aromatic rings. The highest BCUT2D eigenvalue weighted by Gasteiger charge is 2.10. The van der Waals surface area contributed by atoms with E-state index in [-0.39, 0.29) is 5.78 Å². The second kappa shape index (κ2) is 5.09. The summed E-state index contributed by atoms with van der Waals surface area (Å²) in [5.74, 6) is -0.563. The van der Waals surface area contributed by atoms with Gasteiger partial charge in [0.15, 0.2) is 10.9 Å². The van der Waals surface area contributed by atoms with Crippen LogP contribution >= 0.6 is 11.8 Å². The van der Waals surface area contributed by atoms with Crippen LogP contribution in [0, 0.1) is 5.82 Å². The van der Waals surface area contributed by atoms with Crippen molar-refractivity contribution < 1.29 is 9.18 Å². The summed E-state index contributed by atoms with van der Waals surface area (Å²) in [6, 6.07) is 12.1. The number of ketones is 1. The van der Waals surface area contributed by atoms with Crippen LogP contribution < -0.4 is 0 Å². The minimum absolute atomic E-state index is 0.149. The molecule has 0 saturated heterocycles. The van der Waals surface area contributed by atoms with Gasteiger partial charge in [-0.3, -0.25) is 4.79 Å². The number of imidazole rings is 1. The molecule has 0 atom stereocenters. The number of aromatic nitrogens is 2.